The number of furan rings is 1. The number of amides is 1. The van der Waals surface area contributed by atoms with Crippen LogP contribution < -0.4 is 9.64 Å². The van der Waals surface area contributed by atoms with E-state index in [1.807, 2.05) is 0 Å². The maximum atomic E-state index is 12.1. The van der Waals surface area contributed by atoms with Gasteiger partial charge in [-0.1, -0.05) is 0 Å². The van der Waals surface area contributed by atoms with E-state index in [0.29, 0.717) is 29.0 Å². The number of carbonyl (C=O) groups excluding carboxylic acids is 1. The van der Waals surface area contributed by atoms with Gasteiger partial charge in [0.15, 0.2) is 0 Å². The Morgan fingerprint density at radius 2 is 2.15 bits per heavy atom. The predicted molar refractivity (Wildman–Crippen MR) is 86.5 cm³/mol. The number of hydrogen-bond donors (Lipinski definition) is 0. The molecule has 0 bridgehead atoms. The second kappa shape index (κ2) is 7.45. The minimum atomic E-state index is -4.19. The van der Waals surface area contributed by atoms with Crippen molar-refractivity contribution >= 4 is 22.7 Å². The van der Waals surface area contributed by atoms with Gasteiger partial charge in [0.2, 0.25) is 0 Å². The highest BCUT2D eigenvalue weighted by molar-refractivity contribution is 6.01. The lowest BCUT2D eigenvalue weighted by atomic mass is 10.2. The molecule has 2 aromatic rings. The molecule has 0 N–H and O–H groups in total. The van der Waals surface area contributed by atoms with Crippen LogP contribution >= 0.6 is 0 Å². The van der Waals surface area contributed by atoms with Gasteiger partial charge in [-0.15, -0.1) is 0 Å². The average Bonchev–Trinajstić information content (AvgIpc) is 3.14. The maximum absolute atomic E-state index is 12.1. The van der Waals surface area contributed by atoms with E-state index >= 15 is 0 Å². The van der Waals surface area contributed by atoms with E-state index in [0.717, 1.165) is 0 Å². The lowest BCUT2D eigenvalue weighted by molar-refractivity contribution is -0.136. The topological polar surface area (TPSA) is 61.1 Å². The Kier molecular flexibility index (Phi) is 5.26. The van der Waals surface area contributed by atoms with Crippen LogP contribution in [0.1, 0.15) is 12.8 Å². The third-order valence-corrected chi connectivity index (χ3v) is 3.98. The van der Waals surface area contributed by atoms with E-state index in [2.05, 4.69) is 0 Å². The number of fused-ring (bicyclic) bond motifs is 1. The first-order valence-electron chi connectivity index (χ1n) is 8.05. The summed E-state index contributed by atoms with van der Waals surface area (Å²) in [6, 6.07) is 4.65. The SMILES string of the molecule is COC[C@@H]1COC(=O)N1c1coc2cc(OCCCC(F)(F)F)ccc12. The Labute approximate surface area is 147 Å². The number of ether oxygens (including phenoxy) is 3. The minimum Gasteiger partial charge on any atom is -0.493 e. The predicted octanol–water partition coefficient (Wildman–Crippen LogP) is 4.13. The van der Waals surface area contributed by atoms with Crippen molar-refractivity contribution in [2.45, 2.75) is 25.1 Å². The molecule has 1 aliphatic heterocycles. The highest BCUT2D eigenvalue weighted by atomic mass is 19.4. The van der Waals surface area contributed by atoms with Crippen LogP contribution in [0.5, 0.6) is 5.75 Å². The largest absolute Gasteiger partial charge is 0.493 e. The van der Waals surface area contributed by atoms with E-state index in [1.165, 1.54) is 18.3 Å². The highest BCUT2D eigenvalue weighted by Crippen LogP contribution is 2.35. The number of benzene rings is 1. The van der Waals surface area contributed by atoms with Crippen LogP contribution in [0.15, 0.2) is 28.9 Å². The Morgan fingerprint density at radius 1 is 1.35 bits per heavy atom. The van der Waals surface area contributed by atoms with Crippen molar-refractivity contribution in [2.75, 3.05) is 31.8 Å². The Morgan fingerprint density at radius 3 is 2.88 bits per heavy atom. The number of halogens is 3. The van der Waals surface area contributed by atoms with Crippen molar-refractivity contribution in [3.63, 3.8) is 0 Å². The van der Waals surface area contributed by atoms with Gasteiger partial charge in [-0.2, -0.15) is 13.2 Å². The summed E-state index contributed by atoms with van der Waals surface area (Å²) in [6.07, 6.45) is -4.25. The van der Waals surface area contributed by atoms with Gasteiger partial charge in [0.05, 0.1) is 24.9 Å². The molecule has 2 heterocycles. The first-order chi connectivity index (χ1) is 12.4. The molecular formula is C17H18F3NO5. The fourth-order valence-corrected chi connectivity index (χ4v) is 2.80. The van der Waals surface area contributed by atoms with Crippen LogP contribution in [0, 0.1) is 0 Å². The molecule has 9 heteroatoms. The summed E-state index contributed by atoms with van der Waals surface area (Å²) >= 11 is 0. The number of alkyl halides is 3. The molecule has 26 heavy (non-hydrogen) atoms. The van der Waals surface area contributed by atoms with Gasteiger partial charge in [0.25, 0.3) is 0 Å². The number of anilines is 1. The van der Waals surface area contributed by atoms with Crippen LogP contribution in [0.3, 0.4) is 0 Å². The van der Waals surface area contributed by atoms with Crippen molar-refractivity contribution in [3.05, 3.63) is 24.5 Å². The van der Waals surface area contributed by atoms with Crippen LogP contribution in [-0.2, 0) is 9.47 Å². The third kappa shape index (κ3) is 4.04. The Bertz CT molecular complexity index is 773. The summed E-state index contributed by atoms with van der Waals surface area (Å²) in [5.41, 5.74) is 1.01. The fraction of sp³-hybridized carbons (Fsp3) is 0.471. The Hall–Kier alpha value is -2.42. The molecule has 1 aliphatic rings. The van der Waals surface area contributed by atoms with E-state index in [1.54, 1.807) is 18.2 Å². The number of hydrogen-bond acceptors (Lipinski definition) is 5. The molecule has 0 saturated carbocycles. The van der Waals surface area contributed by atoms with Crippen LogP contribution in [0.25, 0.3) is 11.0 Å². The molecule has 6 nitrogen and oxygen atoms in total. The Balaban J connectivity index is 1.72. The molecule has 1 aromatic heterocycles. The lowest BCUT2D eigenvalue weighted by Crippen LogP contribution is -2.36. The number of methoxy groups -OCH3 is 1. The molecule has 0 spiro atoms. The van der Waals surface area contributed by atoms with E-state index < -0.39 is 18.7 Å². The van der Waals surface area contributed by atoms with Gasteiger partial charge in [-0.25, -0.2) is 4.79 Å². The van der Waals surface area contributed by atoms with Crippen molar-refractivity contribution < 1.29 is 36.6 Å². The van der Waals surface area contributed by atoms with Crippen molar-refractivity contribution in [2.24, 2.45) is 0 Å². The summed E-state index contributed by atoms with van der Waals surface area (Å²) in [7, 11) is 1.54. The number of cyclic esters (lactones) is 1. The van der Waals surface area contributed by atoms with Crippen molar-refractivity contribution in [1.29, 1.82) is 0 Å². The summed E-state index contributed by atoms with van der Waals surface area (Å²) in [4.78, 5) is 13.5. The lowest BCUT2D eigenvalue weighted by Gasteiger charge is -2.19. The molecule has 1 aromatic carbocycles. The fourth-order valence-electron chi connectivity index (χ4n) is 2.80. The standard InChI is InChI=1S/C17H18F3NO5/c1-23-8-11-9-26-16(22)21(11)14-10-25-15-7-12(3-4-13(14)15)24-6-2-5-17(18,19)20/h3-4,7,10-11H,2,5-6,8-9H2,1H3/t11-/m1/s1. The van der Waals surface area contributed by atoms with Gasteiger partial charge < -0.3 is 18.6 Å². The number of rotatable bonds is 7. The van der Waals surface area contributed by atoms with Crippen LogP contribution in [0.2, 0.25) is 0 Å². The molecule has 3 rings (SSSR count). The molecule has 1 atom stereocenters. The molecule has 0 aliphatic carbocycles. The summed E-state index contributed by atoms with van der Waals surface area (Å²) < 4.78 is 57.4. The van der Waals surface area contributed by atoms with Crippen molar-refractivity contribution in [3.8, 4) is 5.75 Å². The summed E-state index contributed by atoms with van der Waals surface area (Å²) in [5.74, 6) is 0.401. The summed E-state index contributed by atoms with van der Waals surface area (Å²) in [5, 5.41) is 0.674. The first-order valence-corrected chi connectivity index (χ1v) is 8.05. The molecule has 1 amide bonds. The van der Waals surface area contributed by atoms with E-state index in [4.69, 9.17) is 18.6 Å². The van der Waals surface area contributed by atoms with Crippen molar-refractivity contribution in [1.82, 2.24) is 0 Å². The van der Waals surface area contributed by atoms with Crippen LogP contribution in [0.4, 0.5) is 23.7 Å². The summed E-state index contributed by atoms with van der Waals surface area (Å²) in [6.45, 7) is 0.492. The number of nitrogens with zero attached hydrogens (tertiary/aromatic N) is 1. The molecule has 0 radical (unpaired) electrons. The molecule has 1 saturated heterocycles. The molecular weight excluding hydrogens is 355 g/mol. The van der Waals surface area contributed by atoms with Gasteiger partial charge in [-0.3, -0.25) is 4.90 Å². The zero-order chi connectivity index (χ0) is 18.7. The normalized spacial score (nSPS) is 17.8. The maximum Gasteiger partial charge on any atom is 0.414 e. The minimum absolute atomic E-state index is 0.0487. The van der Waals surface area contributed by atoms with Gasteiger partial charge in [0, 0.05) is 25.0 Å². The quantitative estimate of drug-likeness (QED) is 0.683. The molecule has 142 valence electrons. The van der Waals surface area contributed by atoms with Gasteiger partial charge in [0.1, 0.15) is 24.2 Å². The van der Waals surface area contributed by atoms with Gasteiger partial charge in [-0.05, 0) is 18.6 Å². The van der Waals surface area contributed by atoms with Crippen LogP contribution in [-0.4, -0.2) is 45.2 Å². The molecule has 0 unspecified atom stereocenters. The first kappa shape index (κ1) is 18.4. The highest BCUT2D eigenvalue weighted by Gasteiger charge is 2.36. The second-order valence-corrected chi connectivity index (χ2v) is 5.90. The van der Waals surface area contributed by atoms with Gasteiger partial charge >= 0.3 is 12.3 Å². The van der Waals surface area contributed by atoms with E-state index in [9.17, 15) is 18.0 Å². The second-order valence-electron chi connectivity index (χ2n) is 5.90. The average molecular weight is 373 g/mol. The zero-order valence-electron chi connectivity index (χ0n) is 14.0. The molecule has 1 fully saturated rings. The van der Waals surface area contributed by atoms with E-state index in [-0.39, 0.29) is 25.7 Å². The monoisotopic (exact) mass is 373 g/mol. The third-order valence-electron chi connectivity index (χ3n) is 3.98. The zero-order valence-corrected chi connectivity index (χ0v) is 14.0. The number of carbonyl (C=O) groups is 1. The smallest absolute Gasteiger partial charge is 0.414 e.